The van der Waals surface area contributed by atoms with Gasteiger partial charge in [-0.05, 0) is 51.5 Å². The van der Waals surface area contributed by atoms with Gasteiger partial charge in [-0.3, -0.25) is 9.59 Å². The maximum atomic E-state index is 11.8. The molecule has 2 N–H and O–H groups in total. The van der Waals surface area contributed by atoms with Crippen molar-refractivity contribution in [3.63, 3.8) is 0 Å². The van der Waals surface area contributed by atoms with Crippen LogP contribution in [0.25, 0.3) is 6.08 Å². The quantitative estimate of drug-likeness (QED) is 0.779. The Labute approximate surface area is 133 Å². The number of aliphatic imine (C=N–C) groups is 1. The van der Waals surface area contributed by atoms with E-state index in [9.17, 15) is 14.7 Å². The molecule has 1 aliphatic rings. The maximum absolute atomic E-state index is 11.8. The fourth-order valence-corrected chi connectivity index (χ4v) is 2.92. The highest BCUT2D eigenvalue weighted by atomic mass is 79.9. The molecule has 21 heavy (non-hydrogen) atoms. The highest BCUT2D eigenvalue weighted by molar-refractivity contribution is 9.10. The first-order valence-electron chi connectivity index (χ1n) is 5.77. The van der Waals surface area contributed by atoms with Crippen LogP contribution in [0, 0.1) is 0 Å². The van der Waals surface area contributed by atoms with Crippen molar-refractivity contribution >= 4 is 50.7 Å². The topological polar surface area (TPSA) is 88.0 Å². The summed E-state index contributed by atoms with van der Waals surface area (Å²) in [6, 6.07) is 3.24. The summed E-state index contributed by atoms with van der Waals surface area (Å²) in [5.74, 6) is -0.439. The molecule has 110 valence electrons. The van der Waals surface area contributed by atoms with E-state index >= 15 is 0 Å². The van der Waals surface area contributed by atoms with E-state index in [0.717, 1.165) is 11.8 Å². The van der Waals surface area contributed by atoms with Crippen LogP contribution in [-0.4, -0.2) is 29.2 Å². The van der Waals surface area contributed by atoms with Gasteiger partial charge in [-0.1, -0.05) is 0 Å². The minimum absolute atomic E-state index is 0.0137. The smallest absolute Gasteiger partial charge is 0.286 e. The van der Waals surface area contributed by atoms with Crippen molar-refractivity contribution in [2.45, 2.75) is 6.92 Å². The van der Waals surface area contributed by atoms with Crippen LogP contribution in [0.1, 0.15) is 12.5 Å². The lowest BCUT2D eigenvalue weighted by Crippen LogP contribution is -2.23. The van der Waals surface area contributed by atoms with Crippen molar-refractivity contribution in [2.75, 3.05) is 7.11 Å². The van der Waals surface area contributed by atoms with E-state index in [1.54, 1.807) is 18.2 Å². The number of amides is 2. The van der Waals surface area contributed by atoms with Gasteiger partial charge >= 0.3 is 0 Å². The molecule has 0 unspecified atom stereocenters. The van der Waals surface area contributed by atoms with Gasteiger partial charge in [0.15, 0.2) is 16.7 Å². The van der Waals surface area contributed by atoms with Crippen LogP contribution in [0.2, 0.25) is 0 Å². The van der Waals surface area contributed by atoms with Crippen LogP contribution < -0.4 is 10.1 Å². The number of phenolic OH excluding ortho intramolecular Hbond substituents is 1. The molecule has 1 aromatic carbocycles. The number of carbonyl (C=O) groups excluding carboxylic acids is 2. The molecule has 1 aliphatic heterocycles. The second kappa shape index (κ2) is 6.31. The third-order valence-electron chi connectivity index (χ3n) is 2.47. The second-order valence-electron chi connectivity index (χ2n) is 4.07. The Morgan fingerprint density at radius 3 is 2.86 bits per heavy atom. The van der Waals surface area contributed by atoms with Gasteiger partial charge in [0.1, 0.15) is 0 Å². The molecule has 0 saturated carbocycles. The van der Waals surface area contributed by atoms with Crippen LogP contribution >= 0.6 is 27.7 Å². The monoisotopic (exact) mass is 370 g/mol. The van der Waals surface area contributed by atoms with Crippen LogP contribution in [0.15, 0.2) is 26.5 Å². The number of hydrogen-bond donors (Lipinski definition) is 2. The Kier molecular flexibility index (Phi) is 4.69. The summed E-state index contributed by atoms with van der Waals surface area (Å²) in [6.07, 6.45) is 1.61. The first-order chi connectivity index (χ1) is 9.90. The molecule has 0 fully saturated rings. The van der Waals surface area contributed by atoms with Crippen molar-refractivity contribution in [3.05, 3.63) is 27.1 Å². The Bertz CT molecular complexity index is 685. The number of phenols is 1. The van der Waals surface area contributed by atoms with E-state index in [1.807, 2.05) is 0 Å². The number of thioether (sulfide) groups is 1. The average Bonchev–Trinajstić information content (AvgIpc) is 2.72. The molecule has 0 bridgehead atoms. The van der Waals surface area contributed by atoms with E-state index in [4.69, 9.17) is 4.74 Å². The molecular formula is C13H11BrN2O4S. The van der Waals surface area contributed by atoms with Crippen molar-refractivity contribution in [1.29, 1.82) is 0 Å². The van der Waals surface area contributed by atoms with Gasteiger partial charge in [-0.15, -0.1) is 0 Å². The van der Waals surface area contributed by atoms with Gasteiger partial charge in [0.05, 0.1) is 16.5 Å². The predicted molar refractivity (Wildman–Crippen MR) is 84.2 cm³/mol. The lowest BCUT2D eigenvalue weighted by molar-refractivity contribution is -0.117. The molecule has 0 aromatic heterocycles. The first-order valence-corrected chi connectivity index (χ1v) is 7.38. The summed E-state index contributed by atoms with van der Waals surface area (Å²) in [7, 11) is 1.44. The van der Waals surface area contributed by atoms with E-state index < -0.39 is 5.91 Å². The summed E-state index contributed by atoms with van der Waals surface area (Å²) in [5.41, 5.74) is 0.659. The Balaban J connectivity index is 2.28. The number of halogens is 1. The number of carbonyl (C=O) groups is 2. The number of hydrogen-bond acceptors (Lipinski definition) is 5. The summed E-state index contributed by atoms with van der Waals surface area (Å²) in [4.78, 5) is 26.8. The fraction of sp³-hybridized carbons (Fsp3) is 0.154. The van der Waals surface area contributed by atoms with E-state index in [1.165, 1.54) is 14.0 Å². The van der Waals surface area contributed by atoms with Crippen molar-refractivity contribution in [3.8, 4) is 11.5 Å². The van der Waals surface area contributed by atoms with E-state index in [-0.39, 0.29) is 22.6 Å². The molecule has 2 rings (SSSR count). The molecule has 8 heteroatoms. The van der Waals surface area contributed by atoms with Gasteiger partial charge in [0.25, 0.3) is 5.91 Å². The zero-order valence-corrected chi connectivity index (χ0v) is 13.5. The minimum atomic E-state index is -0.424. The third-order valence-corrected chi connectivity index (χ3v) is 3.98. The number of benzene rings is 1. The Morgan fingerprint density at radius 1 is 1.52 bits per heavy atom. The minimum Gasteiger partial charge on any atom is -0.503 e. The van der Waals surface area contributed by atoms with Crippen LogP contribution in [0.4, 0.5) is 0 Å². The van der Waals surface area contributed by atoms with Gasteiger partial charge in [0.2, 0.25) is 5.91 Å². The third kappa shape index (κ3) is 3.64. The maximum Gasteiger partial charge on any atom is 0.286 e. The van der Waals surface area contributed by atoms with E-state index in [2.05, 4.69) is 26.2 Å². The highest BCUT2D eigenvalue weighted by Crippen LogP contribution is 2.37. The lowest BCUT2D eigenvalue weighted by Gasteiger charge is -2.07. The Morgan fingerprint density at radius 2 is 2.24 bits per heavy atom. The lowest BCUT2D eigenvalue weighted by atomic mass is 10.2. The first kappa shape index (κ1) is 15.6. The van der Waals surface area contributed by atoms with Crippen molar-refractivity contribution in [2.24, 2.45) is 4.99 Å². The number of nitrogens with zero attached hydrogens (tertiary/aromatic N) is 1. The SMILES string of the molecule is COc1cc(C=C2SC(NC(C)=O)=NC2=O)cc(Br)c1O. The molecule has 0 saturated heterocycles. The molecule has 0 radical (unpaired) electrons. The van der Waals surface area contributed by atoms with Gasteiger partial charge < -0.3 is 15.2 Å². The molecule has 1 heterocycles. The molecule has 0 spiro atoms. The average molecular weight is 371 g/mol. The van der Waals surface area contributed by atoms with Gasteiger partial charge in [-0.2, -0.15) is 4.99 Å². The summed E-state index contributed by atoms with van der Waals surface area (Å²) in [5, 5.41) is 12.5. The molecule has 0 aliphatic carbocycles. The summed E-state index contributed by atoms with van der Waals surface area (Å²) < 4.78 is 5.50. The summed E-state index contributed by atoms with van der Waals surface area (Å²) >= 11 is 4.29. The molecule has 1 aromatic rings. The molecule has 6 nitrogen and oxygen atoms in total. The van der Waals surface area contributed by atoms with Crippen LogP contribution in [0.5, 0.6) is 11.5 Å². The standard InChI is InChI=1S/C13H11BrN2O4S/c1-6(17)15-13-16-12(19)10(21-13)5-7-3-8(14)11(18)9(4-7)20-2/h3-5,18H,1-2H3,(H,15,16,17,19). The van der Waals surface area contributed by atoms with Crippen molar-refractivity contribution < 1.29 is 19.4 Å². The normalized spacial score (nSPS) is 16.0. The number of ether oxygens (including phenoxy) is 1. The zero-order chi connectivity index (χ0) is 15.6. The fourth-order valence-electron chi connectivity index (χ4n) is 1.60. The summed E-state index contributed by atoms with van der Waals surface area (Å²) in [6.45, 7) is 1.34. The van der Waals surface area contributed by atoms with Gasteiger partial charge in [-0.25, -0.2) is 0 Å². The number of methoxy groups -OCH3 is 1. The van der Waals surface area contributed by atoms with Crippen LogP contribution in [0.3, 0.4) is 0 Å². The highest BCUT2D eigenvalue weighted by Gasteiger charge is 2.22. The number of nitrogens with one attached hydrogen (secondary N) is 1. The Hall–Kier alpha value is -1.80. The number of rotatable bonds is 2. The van der Waals surface area contributed by atoms with Gasteiger partial charge in [0, 0.05) is 6.92 Å². The molecule has 0 atom stereocenters. The molecular weight excluding hydrogens is 360 g/mol. The van der Waals surface area contributed by atoms with Crippen molar-refractivity contribution in [1.82, 2.24) is 5.32 Å². The largest absolute Gasteiger partial charge is 0.503 e. The number of amidine groups is 1. The zero-order valence-electron chi connectivity index (χ0n) is 11.1. The molecule has 2 amide bonds. The predicted octanol–water partition coefficient (Wildman–Crippen LogP) is 2.27. The van der Waals surface area contributed by atoms with E-state index in [0.29, 0.717) is 14.9 Å². The van der Waals surface area contributed by atoms with Crippen LogP contribution in [-0.2, 0) is 9.59 Å². The number of aromatic hydroxyl groups is 1. The second-order valence-corrected chi connectivity index (χ2v) is 5.95.